The standard InChI is InChI=1S/C7H6BrClFN/c8-5-1-4(3-11)7(9)6(10)2-5/h1-2H,3,11H2. The van der Waals surface area contributed by atoms with E-state index in [1.54, 1.807) is 6.07 Å². The van der Waals surface area contributed by atoms with Crippen LogP contribution >= 0.6 is 27.5 Å². The first-order valence-electron chi connectivity index (χ1n) is 2.98. The highest BCUT2D eigenvalue weighted by molar-refractivity contribution is 9.10. The fourth-order valence-electron chi connectivity index (χ4n) is 0.758. The Kier molecular flexibility index (Phi) is 2.87. The van der Waals surface area contributed by atoms with Gasteiger partial charge in [-0.2, -0.15) is 0 Å². The van der Waals surface area contributed by atoms with Crippen LogP contribution < -0.4 is 5.73 Å². The van der Waals surface area contributed by atoms with Crippen molar-refractivity contribution in [1.82, 2.24) is 0 Å². The van der Waals surface area contributed by atoms with E-state index >= 15 is 0 Å². The minimum absolute atomic E-state index is 0.107. The smallest absolute Gasteiger partial charge is 0.143 e. The maximum atomic E-state index is 12.8. The molecular weight excluding hydrogens is 232 g/mol. The number of halogens is 3. The normalized spacial score (nSPS) is 10.2. The zero-order valence-electron chi connectivity index (χ0n) is 5.57. The van der Waals surface area contributed by atoms with E-state index < -0.39 is 5.82 Å². The molecule has 0 aliphatic rings. The summed E-state index contributed by atoms with van der Waals surface area (Å²) in [6.07, 6.45) is 0. The molecule has 11 heavy (non-hydrogen) atoms. The largest absolute Gasteiger partial charge is 0.326 e. The van der Waals surface area contributed by atoms with Gasteiger partial charge in [-0.25, -0.2) is 4.39 Å². The molecule has 0 aliphatic heterocycles. The molecule has 0 aliphatic carbocycles. The Labute approximate surface area is 77.5 Å². The lowest BCUT2D eigenvalue weighted by Gasteiger charge is -2.02. The maximum Gasteiger partial charge on any atom is 0.143 e. The average Bonchev–Trinajstić information content (AvgIpc) is 1.96. The van der Waals surface area contributed by atoms with E-state index in [1.165, 1.54) is 6.07 Å². The topological polar surface area (TPSA) is 26.0 Å². The van der Waals surface area contributed by atoms with Gasteiger partial charge in [0, 0.05) is 11.0 Å². The van der Waals surface area contributed by atoms with Crippen molar-refractivity contribution >= 4 is 27.5 Å². The molecule has 1 rings (SSSR count). The van der Waals surface area contributed by atoms with Crippen LogP contribution in [0.2, 0.25) is 5.02 Å². The minimum atomic E-state index is -0.443. The first kappa shape index (κ1) is 8.97. The van der Waals surface area contributed by atoms with E-state index in [-0.39, 0.29) is 11.6 Å². The predicted molar refractivity (Wildman–Crippen MR) is 47.0 cm³/mol. The van der Waals surface area contributed by atoms with Crippen LogP contribution in [0.4, 0.5) is 4.39 Å². The lowest BCUT2D eigenvalue weighted by molar-refractivity contribution is 0.625. The third-order valence-corrected chi connectivity index (χ3v) is 2.17. The molecule has 4 heteroatoms. The number of hydrogen-bond acceptors (Lipinski definition) is 1. The van der Waals surface area contributed by atoms with Gasteiger partial charge in [-0.3, -0.25) is 0 Å². The number of nitrogens with two attached hydrogens (primary N) is 1. The second kappa shape index (κ2) is 3.52. The summed E-state index contributed by atoms with van der Waals surface area (Å²) < 4.78 is 13.5. The van der Waals surface area contributed by atoms with Crippen molar-refractivity contribution in [2.75, 3.05) is 0 Å². The zero-order chi connectivity index (χ0) is 8.43. The second-order valence-electron chi connectivity index (χ2n) is 2.06. The molecule has 60 valence electrons. The van der Waals surface area contributed by atoms with E-state index in [9.17, 15) is 4.39 Å². The average molecular weight is 238 g/mol. The van der Waals surface area contributed by atoms with Gasteiger partial charge >= 0.3 is 0 Å². The lowest BCUT2D eigenvalue weighted by Crippen LogP contribution is -1.98. The van der Waals surface area contributed by atoms with Crippen molar-refractivity contribution in [3.63, 3.8) is 0 Å². The maximum absolute atomic E-state index is 12.8. The number of hydrogen-bond donors (Lipinski definition) is 1. The molecule has 0 saturated heterocycles. The van der Waals surface area contributed by atoms with Gasteiger partial charge in [0.2, 0.25) is 0 Å². The molecule has 0 radical (unpaired) electrons. The van der Waals surface area contributed by atoms with Crippen molar-refractivity contribution in [2.45, 2.75) is 6.54 Å². The van der Waals surface area contributed by atoms with Gasteiger partial charge in [0.25, 0.3) is 0 Å². The lowest BCUT2D eigenvalue weighted by atomic mass is 10.2. The van der Waals surface area contributed by atoms with E-state index in [0.29, 0.717) is 10.0 Å². The van der Waals surface area contributed by atoms with E-state index in [4.69, 9.17) is 17.3 Å². The summed E-state index contributed by atoms with van der Waals surface area (Å²) in [5.74, 6) is -0.443. The van der Waals surface area contributed by atoms with Gasteiger partial charge in [0.15, 0.2) is 0 Å². The molecule has 0 aromatic heterocycles. The molecule has 1 aromatic carbocycles. The summed E-state index contributed by atoms with van der Waals surface area (Å²) in [6, 6.07) is 3.01. The van der Waals surface area contributed by atoms with Gasteiger partial charge in [-0.05, 0) is 17.7 Å². The Morgan fingerprint density at radius 2 is 2.18 bits per heavy atom. The van der Waals surface area contributed by atoms with Gasteiger partial charge in [-0.1, -0.05) is 27.5 Å². The number of rotatable bonds is 1. The van der Waals surface area contributed by atoms with Crippen molar-refractivity contribution in [1.29, 1.82) is 0 Å². The van der Waals surface area contributed by atoms with Crippen molar-refractivity contribution < 1.29 is 4.39 Å². The molecule has 1 nitrogen and oxygen atoms in total. The van der Waals surface area contributed by atoms with Gasteiger partial charge < -0.3 is 5.73 Å². The summed E-state index contributed by atoms with van der Waals surface area (Å²) >= 11 is 8.72. The van der Waals surface area contributed by atoms with Gasteiger partial charge in [0.1, 0.15) is 5.82 Å². The molecule has 1 aromatic rings. The van der Waals surface area contributed by atoms with Gasteiger partial charge in [0.05, 0.1) is 5.02 Å². The highest BCUT2D eigenvalue weighted by Crippen LogP contribution is 2.24. The Hall–Kier alpha value is -0.120. The molecule has 0 fully saturated rings. The highest BCUT2D eigenvalue weighted by Gasteiger charge is 2.05. The third-order valence-electron chi connectivity index (χ3n) is 1.29. The summed E-state index contributed by atoms with van der Waals surface area (Å²) in [4.78, 5) is 0. The second-order valence-corrected chi connectivity index (χ2v) is 3.36. The summed E-state index contributed by atoms with van der Waals surface area (Å²) in [7, 11) is 0. The van der Waals surface area contributed by atoms with Crippen LogP contribution in [0.1, 0.15) is 5.56 Å². The SMILES string of the molecule is NCc1cc(Br)cc(F)c1Cl. The van der Waals surface area contributed by atoms with Crippen LogP contribution in [0.25, 0.3) is 0 Å². The summed E-state index contributed by atoms with van der Waals surface area (Å²) in [6.45, 7) is 0.245. The monoisotopic (exact) mass is 237 g/mol. The van der Waals surface area contributed by atoms with Crippen molar-refractivity contribution in [2.24, 2.45) is 5.73 Å². The van der Waals surface area contributed by atoms with Crippen LogP contribution in [0.5, 0.6) is 0 Å². The van der Waals surface area contributed by atoms with Crippen LogP contribution in [0.3, 0.4) is 0 Å². The number of benzene rings is 1. The molecule has 0 atom stereocenters. The fraction of sp³-hybridized carbons (Fsp3) is 0.143. The quantitative estimate of drug-likeness (QED) is 0.748. The molecule has 0 unspecified atom stereocenters. The molecule has 0 saturated carbocycles. The van der Waals surface area contributed by atoms with Crippen molar-refractivity contribution in [3.05, 3.63) is 33.0 Å². The fourth-order valence-corrected chi connectivity index (χ4v) is 1.42. The van der Waals surface area contributed by atoms with Crippen LogP contribution in [0.15, 0.2) is 16.6 Å². The minimum Gasteiger partial charge on any atom is -0.326 e. The van der Waals surface area contributed by atoms with Crippen LogP contribution in [-0.4, -0.2) is 0 Å². The Morgan fingerprint density at radius 1 is 1.55 bits per heavy atom. The first-order valence-corrected chi connectivity index (χ1v) is 4.15. The Balaban J connectivity index is 3.24. The van der Waals surface area contributed by atoms with E-state index in [0.717, 1.165) is 0 Å². The Bertz CT molecular complexity index is 277. The van der Waals surface area contributed by atoms with E-state index in [2.05, 4.69) is 15.9 Å². The summed E-state index contributed by atoms with van der Waals surface area (Å²) in [5.41, 5.74) is 5.93. The highest BCUT2D eigenvalue weighted by atomic mass is 79.9. The van der Waals surface area contributed by atoms with Crippen molar-refractivity contribution in [3.8, 4) is 0 Å². The third kappa shape index (κ3) is 1.92. The Morgan fingerprint density at radius 3 is 2.73 bits per heavy atom. The van der Waals surface area contributed by atoms with Crippen LogP contribution in [0, 0.1) is 5.82 Å². The molecule has 0 heterocycles. The predicted octanol–water partition coefficient (Wildman–Crippen LogP) is 2.70. The molecule has 0 spiro atoms. The molecule has 2 N–H and O–H groups in total. The van der Waals surface area contributed by atoms with E-state index in [1.807, 2.05) is 0 Å². The van der Waals surface area contributed by atoms with Crippen LogP contribution in [-0.2, 0) is 6.54 Å². The summed E-state index contributed by atoms with van der Waals surface area (Å²) in [5, 5.41) is 0.107. The molecular formula is C7H6BrClFN. The van der Waals surface area contributed by atoms with Gasteiger partial charge in [-0.15, -0.1) is 0 Å². The molecule has 0 bridgehead atoms. The molecule has 0 amide bonds. The zero-order valence-corrected chi connectivity index (χ0v) is 7.91. The first-order chi connectivity index (χ1) is 5.15.